The SMILES string of the molecule is CC(C)(CCC#N)CNC1CCCCC1C(C)(C)C. The molecular weight excluding hydrogens is 232 g/mol. The molecule has 0 bridgehead atoms. The molecule has 0 saturated heterocycles. The summed E-state index contributed by atoms with van der Waals surface area (Å²) in [6, 6.07) is 2.93. The fraction of sp³-hybridized carbons (Fsp3) is 0.941. The van der Waals surface area contributed by atoms with Gasteiger partial charge in [0.15, 0.2) is 0 Å². The highest BCUT2D eigenvalue weighted by Gasteiger charge is 2.34. The summed E-state index contributed by atoms with van der Waals surface area (Å²) < 4.78 is 0. The second kappa shape index (κ2) is 6.75. The first-order valence-corrected chi connectivity index (χ1v) is 7.87. The summed E-state index contributed by atoms with van der Waals surface area (Å²) in [4.78, 5) is 0. The summed E-state index contributed by atoms with van der Waals surface area (Å²) in [6.45, 7) is 12.7. The number of hydrogen-bond donors (Lipinski definition) is 1. The maximum absolute atomic E-state index is 8.72. The zero-order valence-corrected chi connectivity index (χ0v) is 13.6. The van der Waals surface area contributed by atoms with Crippen LogP contribution >= 0.6 is 0 Å². The van der Waals surface area contributed by atoms with Crippen LogP contribution in [-0.4, -0.2) is 12.6 Å². The van der Waals surface area contributed by atoms with Crippen molar-refractivity contribution in [2.45, 2.75) is 79.2 Å². The van der Waals surface area contributed by atoms with Crippen molar-refractivity contribution in [3.63, 3.8) is 0 Å². The zero-order chi connectivity index (χ0) is 14.5. The third-order valence-corrected chi connectivity index (χ3v) is 4.63. The summed E-state index contributed by atoms with van der Waals surface area (Å²) in [6.07, 6.45) is 7.09. The number of rotatable bonds is 5. The Labute approximate surface area is 120 Å². The number of nitrogens with one attached hydrogen (secondary N) is 1. The molecule has 0 spiro atoms. The van der Waals surface area contributed by atoms with E-state index in [0.717, 1.165) is 18.9 Å². The molecule has 19 heavy (non-hydrogen) atoms. The van der Waals surface area contributed by atoms with E-state index in [-0.39, 0.29) is 5.41 Å². The van der Waals surface area contributed by atoms with Gasteiger partial charge in [-0.3, -0.25) is 0 Å². The maximum Gasteiger partial charge on any atom is 0.0621 e. The topological polar surface area (TPSA) is 35.8 Å². The molecule has 1 aliphatic carbocycles. The molecule has 0 radical (unpaired) electrons. The molecule has 0 aromatic rings. The van der Waals surface area contributed by atoms with Crippen LogP contribution in [0.25, 0.3) is 0 Å². The Hall–Kier alpha value is -0.550. The van der Waals surface area contributed by atoms with Gasteiger partial charge in [0.2, 0.25) is 0 Å². The van der Waals surface area contributed by atoms with E-state index in [1.165, 1.54) is 25.7 Å². The van der Waals surface area contributed by atoms with Crippen LogP contribution in [0, 0.1) is 28.1 Å². The Balaban J connectivity index is 2.52. The molecule has 0 aliphatic heterocycles. The number of hydrogen-bond acceptors (Lipinski definition) is 2. The normalized spacial score (nSPS) is 25.1. The van der Waals surface area contributed by atoms with Gasteiger partial charge in [0, 0.05) is 19.0 Å². The lowest BCUT2D eigenvalue weighted by Crippen LogP contribution is -2.47. The standard InChI is InChI=1S/C17H32N2/c1-16(2,3)14-9-6-7-10-15(14)19-13-17(4,5)11-8-12-18/h14-15,19H,6-11,13H2,1-5H3. The Bertz CT molecular complexity index is 306. The molecule has 1 aliphatic rings. The predicted octanol–water partition coefficient (Wildman–Crippen LogP) is 4.51. The molecule has 1 fully saturated rings. The highest BCUT2D eigenvalue weighted by molar-refractivity contribution is 4.89. The van der Waals surface area contributed by atoms with Crippen molar-refractivity contribution in [2.75, 3.05) is 6.54 Å². The van der Waals surface area contributed by atoms with Crippen LogP contribution in [0.2, 0.25) is 0 Å². The molecule has 0 aromatic heterocycles. The summed E-state index contributed by atoms with van der Waals surface area (Å²) in [7, 11) is 0. The Morgan fingerprint density at radius 1 is 1.11 bits per heavy atom. The van der Waals surface area contributed by atoms with Crippen LogP contribution in [0.15, 0.2) is 0 Å². The minimum Gasteiger partial charge on any atom is -0.313 e. The van der Waals surface area contributed by atoms with Crippen LogP contribution in [0.5, 0.6) is 0 Å². The molecular formula is C17H32N2. The van der Waals surface area contributed by atoms with Crippen molar-refractivity contribution in [3.05, 3.63) is 0 Å². The molecule has 110 valence electrons. The fourth-order valence-electron chi connectivity index (χ4n) is 3.30. The van der Waals surface area contributed by atoms with Gasteiger partial charge < -0.3 is 5.32 Å². The highest BCUT2D eigenvalue weighted by Crippen LogP contribution is 2.38. The van der Waals surface area contributed by atoms with Crippen LogP contribution in [0.1, 0.15) is 73.1 Å². The van der Waals surface area contributed by atoms with Crippen molar-refractivity contribution < 1.29 is 0 Å². The first-order valence-electron chi connectivity index (χ1n) is 7.87. The fourth-order valence-corrected chi connectivity index (χ4v) is 3.30. The van der Waals surface area contributed by atoms with Crippen molar-refractivity contribution in [1.82, 2.24) is 5.32 Å². The molecule has 0 aromatic carbocycles. The zero-order valence-electron chi connectivity index (χ0n) is 13.6. The minimum atomic E-state index is 0.232. The van der Waals surface area contributed by atoms with E-state index in [4.69, 9.17) is 5.26 Å². The molecule has 2 unspecified atom stereocenters. The minimum absolute atomic E-state index is 0.232. The van der Waals surface area contributed by atoms with Crippen molar-refractivity contribution in [2.24, 2.45) is 16.7 Å². The lowest BCUT2D eigenvalue weighted by molar-refractivity contribution is 0.121. The van der Waals surface area contributed by atoms with Crippen LogP contribution < -0.4 is 5.32 Å². The smallest absolute Gasteiger partial charge is 0.0621 e. The lowest BCUT2D eigenvalue weighted by atomic mass is 9.69. The molecule has 2 atom stereocenters. The van der Waals surface area contributed by atoms with E-state index in [0.29, 0.717) is 17.9 Å². The van der Waals surface area contributed by atoms with Gasteiger partial charge in [0.1, 0.15) is 0 Å². The summed E-state index contributed by atoms with van der Waals surface area (Å²) in [5.41, 5.74) is 0.629. The van der Waals surface area contributed by atoms with Crippen LogP contribution in [0.4, 0.5) is 0 Å². The molecule has 1 N–H and O–H groups in total. The quantitative estimate of drug-likeness (QED) is 0.793. The van der Waals surface area contributed by atoms with E-state index in [9.17, 15) is 0 Å². The van der Waals surface area contributed by atoms with E-state index in [1.54, 1.807) is 0 Å². The summed E-state index contributed by atoms with van der Waals surface area (Å²) in [5, 5.41) is 12.5. The largest absolute Gasteiger partial charge is 0.313 e. The van der Waals surface area contributed by atoms with Gasteiger partial charge in [-0.05, 0) is 36.0 Å². The van der Waals surface area contributed by atoms with Crippen LogP contribution in [-0.2, 0) is 0 Å². The molecule has 0 amide bonds. The maximum atomic E-state index is 8.72. The Morgan fingerprint density at radius 3 is 2.32 bits per heavy atom. The summed E-state index contributed by atoms with van der Waals surface area (Å²) >= 11 is 0. The second-order valence-electron chi connectivity index (χ2n) is 8.07. The molecule has 0 heterocycles. The van der Waals surface area contributed by atoms with Gasteiger partial charge in [0.05, 0.1) is 6.07 Å². The molecule has 2 heteroatoms. The van der Waals surface area contributed by atoms with E-state index < -0.39 is 0 Å². The average molecular weight is 264 g/mol. The van der Waals surface area contributed by atoms with Crippen molar-refractivity contribution >= 4 is 0 Å². The Morgan fingerprint density at radius 2 is 1.74 bits per heavy atom. The van der Waals surface area contributed by atoms with Crippen LogP contribution in [0.3, 0.4) is 0 Å². The highest BCUT2D eigenvalue weighted by atomic mass is 14.9. The number of nitrogens with zero attached hydrogens (tertiary/aromatic N) is 1. The van der Waals surface area contributed by atoms with Gasteiger partial charge in [-0.2, -0.15) is 5.26 Å². The third-order valence-electron chi connectivity index (χ3n) is 4.63. The molecule has 1 saturated carbocycles. The van der Waals surface area contributed by atoms with Gasteiger partial charge >= 0.3 is 0 Å². The first kappa shape index (κ1) is 16.5. The third kappa shape index (κ3) is 5.53. The lowest BCUT2D eigenvalue weighted by Gasteiger charge is -2.42. The second-order valence-corrected chi connectivity index (χ2v) is 8.07. The average Bonchev–Trinajstić information content (AvgIpc) is 2.33. The van der Waals surface area contributed by atoms with E-state index >= 15 is 0 Å². The Kier molecular flexibility index (Phi) is 5.86. The van der Waals surface area contributed by atoms with Gasteiger partial charge in [-0.25, -0.2) is 0 Å². The van der Waals surface area contributed by atoms with Gasteiger partial charge in [0.25, 0.3) is 0 Å². The van der Waals surface area contributed by atoms with Gasteiger partial charge in [-0.1, -0.05) is 47.5 Å². The molecule has 2 nitrogen and oxygen atoms in total. The van der Waals surface area contributed by atoms with E-state index in [1.807, 2.05) is 0 Å². The van der Waals surface area contributed by atoms with Crippen molar-refractivity contribution in [1.29, 1.82) is 5.26 Å². The molecule has 1 rings (SSSR count). The van der Waals surface area contributed by atoms with E-state index in [2.05, 4.69) is 46.0 Å². The summed E-state index contributed by atoms with van der Waals surface area (Å²) in [5.74, 6) is 0.785. The van der Waals surface area contributed by atoms with Crippen molar-refractivity contribution in [3.8, 4) is 6.07 Å². The number of nitriles is 1. The van der Waals surface area contributed by atoms with Gasteiger partial charge in [-0.15, -0.1) is 0 Å². The predicted molar refractivity (Wildman–Crippen MR) is 81.8 cm³/mol. The monoisotopic (exact) mass is 264 g/mol. The first-order chi connectivity index (χ1) is 8.76.